The number of phenolic OH excluding ortho intramolecular Hbond substituents is 1. The van der Waals surface area contributed by atoms with Gasteiger partial charge in [0.25, 0.3) is 0 Å². The van der Waals surface area contributed by atoms with Crippen LogP contribution in [0.4, 0.5) is 0 Å². The van der Waals surface area contributed by atoms with E-state index in [4.69, 9.17) is 16.7 Å². The van der Waals surface area contributed by atoms with Gasteiger partial charge in [-0.15, -0.1) is 10.2 Å². The molecule has 2 rings (SSSR count). The number of rotatable bonds is 2. The van der Waals surface area contributed by atoms with Gasteiger partial charge in [-0.25, -0.2) is 4.98 Å². The Balaban J connectivity index is 2.62. The van der Waals surface area contributed by atoms with E-state index >= 15 is 0 Å². The van der Waals surface area contributed by atoms with Gasteiger partial charge in [-0.05, 0) is 18.2 Å². The van der Waals surface area contributed by atoms with Crippen molar-refractivity contribution in [2.75, 3.05) is 0 Å². The third-order valence-electron chi connectivity index (χ3n) is 2.05. The number of aliphatic hydroxyl groups excluding tert-OH is 1. The summed E-state index contributed by atoms with van der Waals surface area (Å²) in [6, 6.07) is 4.49. The van der Waals surface area contributed by atoms with Crippen molar-refractivity contribution in [2.24, 2.45) is 0 Å². The smallest absolute Gasteiger partial charge is 0.138 e. The Hall–Kier alpha value is -1.72. The van der Waals surface area contributed by atoms with Crippen LogP contribution in [0.15, 0.2) is 24.5 Å². The van der Waals surface area contributed by atoms with E-state index in [0.29, 0.717) is 22.0 Å². The molecule has 0 saturated carbocycles. The molecule has 1 aromatic heterocycles. The summed E-state index contributed by atoms with van der Waals surface area (Å²) in [6.07, 6.45) is 1.26. The van der Waals surface area contributed by atoms with Crippen molar-refractivity contribution in [1.82, 2.24) is 15.2 Å². The second-order valence-corrected chi connectivity index (χ2v) is 3.48. The summed E-state index contributed by atoms with van der Waals surface area (Å²) in [5, 5.41) is 26.2. The standard InChI is InChI=1S/C10H8ClN3O2/c11-8-2-1-6(16)3-7(8)10-9(4-15)14-13-5-12-10/h1-3,5,15-16H,4H2. The van der Waals surface area contributed by atoms with Crippen LogP contribution < -0.4 is 0 Å². The van der Waals surface area contributed by atoms with Crippen LogP contribution in [0.3, 0.4) is 0 Å². The Labute approximate surface area is 96.4 Å². The largest absolute Gasteiger partial charge is 0.508 e. The van der Waals surface area contributed by atoms with Gasteiger partial charge in [0, 0.05) is 5.56 Å². The minimum atomic E-state index is -0.290. The highest BCUT2D eigenvalue weighted by Crippen LogP contribution is 2.30. The SMILES string of the molecule is OCc1nncnc1-c1cc(O)ccc1Cl. The number of aliphatic hydroxyl groups is 1. The van der Waals surface area contributed by atoms with Crippen LogP contribution in [-0.2, 0) is 6.61 Å². The zero-order valence-corrected chi connectivity index (χ0v) is 8.89. The van der Waals surface area contributed by atoms with E-state index in [-0.39, 0.29) is 12.4 Å². The Morgan fingerprint density at radius 2 is 2.12 bits per heavy atom. The number of aromatic nitrogens is 3. The van der Waals surface area contributed by atoms with Crippen LogP contribution in [0.2, 0.25) is 5.02 Å². The minimum Gasteiger partial charge on any atom is -0.508 e. The van der Waals surface area contributed by atoms with Crippen molar-refractivity contribution in [3.63, 3.8) is 0 Å². The van der Waals surface area contributed by atoms with Gasteiger partial charge in [0.15, 0.2) is 0 Å². The van der Waals surface area contributed by atoms with Gasteiger partial charge >= 0.3 is 0 Å². The normalized spacial score (nSPS) is 10.4. The van der Waals surface area contributed by atoms with E-state index in [9.17, 15) is 5.11 Å². The summed E-state index contributed by atoms with van der Waals surface area (Å²) in [5.41, 5.74) is 1.24. The lowest BCUT2D eigenvalue weighted by Gasteiger charge is -2.06. The zero-order valence-electron chi connectivity index (χ0n) is 8.13. The van der Waals surface area contributed by atoms with Crippen LogP contribution in [0.25, 0.3) is 11.3 Å². The monoisotopic (exact) mass is 237 g/mol. The van der Waals surface area contributed by atoms with E-state index in [2.05, 4.69) is 15.2 Å². The molecule has 0 bridgehead atoms. The first-order valence-corrected chi connectivity index (χ1v) is 4.86. The van der Waals surface area contributed by atoms with Crippen molar-refractivity contribution in [3.05, 3.63) is 35.2 Å². The van der Waals surface area contributed by atoms with Crippen LogP contribution in [0.5, 0.6) is 5.75 Å². The first-order chi connectivity index (χ1) is 7.72. The van der Waals surface area contributed by atoms with Crippen LogP contribution in [0, 0.1) is 0 Å². The average molecular weight is 238 g/mol. The first kappa shape index (κ1) is 10.8. The second-order valence-electron chi connectivity index (χ2n) is 3.08. The summed E-state index contributed by atoms with van der Waals surface area (Å²) in [5.74, 6) is 0.0712. The zero-order chi connectivity index (χ0) is 11.5. The fraction of sp³-hybridized carbons (Fsp3) is 0.100. The Kier molecular flexibility index (Phi) is 2.98. The molecule has 1 heterocycles. The summed E-state index contributed by atoms with van der Waals surface area (Å²) in [6.45, 7) is -0.290. The summed E-state index contributed by atoms with van der Waals surface area (Å²) >= 11 is 5.98. The van der Waals surface area contributed by atoms with Gasteiger partial charge < -0.3 is 10.2 Å². The quantitative estimate of drug-likeness (QED) is 0.825. The van der Waals surface area contributed by atoms with Crippen molar-refractivity contribution >= 4 is 11.6 Å². The highest BCUT2D eigenvalue weighted by molar-refractivity contribution is 6.33. The molecular weight excluding hydrogens is 230 g/mol. The van der Waals surface area contributed by atoms with Crippen molar-refractivity contribution in [1.29, 1.82) is 0 Å². The van der Waals surface area contributed by atoms with E-state index < -0.39 is 0 Å². The van der Waals surface area contributed by atoms with E-state index in [1.54, 1.807) is 6.07 Å². The van der Waals surface area contributed by atoms with E-state index in [1.807, 2.05) is 0 Å². The van der Waals surface area contributed by atoms with Gasteiger partial charge in [-0.3, -0.25) is 0 Å². The lowest BCUT2D eigenvalue weighted by Crippen LogP contribution is -1.99. The summed E-state index contributed by atoms with van der Waals surface area (Å²) < 4.78 is 0. The number of halogens is 1. The lowest BCUT2D eigenvalue weighted by atomic mass is 10.1. The topological polar surface area (TPSA) is 79.1 Å². The summed E-state index contributed by atoms with van der Waals surface area (Å²) in [7, 11) is 0. The molecule has 82 valence electrons. The molecule has 2 aromatic rings. The molecule has 0 aliphatic rings. The van der Waals surface area contributed by atoms with E-state index in [0.717, 1.165) is 0 Å². The van der Waals surface area contributed by atoms with Crippen molar-refractivity contribution < 1.29 is 10.2 Å². The second kappa shape index (κ2) is 4.42. The summed E-state index contributed by atoms with van der Waals surface area (Å²) in [4.78, 5) is 3.99. The molecular formula is C10H8ClN3O2. The number of aromatic hydroxyl groups is 1. The predicted octanol–water partition coefficient (Wildman–Crippen LogP) is 1.39. The molecule has 0 fully saturated rings. The lowest BCUT2D eigenvalue weighted by molar-refractivity contribution is 0.275. The Bertz CT molecular complexity index is 519. The van der Waals surface area contributed by atoms with Crippen LogP contribution >= 0.6 is 11.6 Å². The maximum absolute atomic E-state index is 9.38. The Morgan fingerprint density at radius 3 is 2.88 bits per heavy atom. The van der Waals surface area contributed by atoms with Gasteiger partial charge in [-0.1, -0.05) is 11.6 Å². The number of benzene rings is 1. The molecule has 0 atom stereocenters. The first-order valence-electron chi connectivity index (χ1n) is 4.48. The number of hydrogen-bond donors (Lipinski definition) is 2. The van der Waals surface area contributed by atoms with Gasteiger partial charge in [0.1, 0.15) is 17.8 Å². The molecule has 5 nitrogen and oxygen atoms in total. The van der Waals surface area contributed by atoms with Gasteiger partial charge in [0.05, 0.1) is 17.3 Å². The molecule has 1 aromatic carbocycles. The van der Waals surface area contributed by atoms with Crippen molar-refractivity contribution in [3.8, 4) is 17.0 Å². The fourth-order valence-corrected chi connectivity index (χ4v) is 1.53. The predicted molar refractivity (Wildman–Crippen MR) is 57.9 cm³/mol. The molecule has 2 N–H and O–H groups in total. The van der Waals surface area contributed by atoms with Crippen LogP contribution in [0.1, 0.15) is 5.69 Å². The number of nitrogens with zero attached hydrogens (tertiary/aromatic N) is 3. The Morgan fingerprint density at radius 1 is 1.31 bits per heavy atom. The third kappa shape index (κ3) is 1.95. The minimum absolute atomic E-state index is 0.0712. The molecule has 0 spiro atoms. The maximum Gasteiger partial charge on any atom is 0.138 e. The third-order valence-corrected chi connectivity index (χ3v) is 2.37. The van der Waals surface area contributed by atoms with Crippen LogP contribution in [-0.4, -0.2) is 25.4 Å². The molecule has 16 heavy (non-hydrogen) atoms. The molecule has 0 radical (unpaired) electrons. The molecule has 6 heteroatoms. The fourth-order valence-electron chi connectivity index (χ4n) is 1.33. The van der Waals surface area contributed by atoms with Gasteiger partial charge in [0.2, 0.25) is 0 Å². The molecule has 0 saturated heterocycles. The maximum atomic E-state index is 9.38. The molecule has 0 aliphatic heterocycles. The number of hydrogen-bond acceptors (Lipinski definition) is 5. The highest BCUT2D eigenvalue weighted by Gasteiger charge is 2.11. The number of phenols is 1. The van der Waals surface area contributed by atoms with Crippen molar-refractivity contribution in [2.45, 2.75) is 6.61 Å². The molecule has 0 unspecified atom stereocenters. The molecule has 0 aliphatic carbocycles. The highest BCUT2D eigenvalue weighted by atomic mass is 35.5. The van der Waals surface area contributed by atoms with Gasteiger partial charge in [-0.2, -0.15) is 0 Å². The van der Waals surface area contributed by atoms with E-state index in [1.165, 1.54) is 18.5 Å². The molecule has 0 amide bonds. The average Bonchev–Trinajstić information content (AvgIpc) is 2.32.